The number of amidine groups is 1. The lowest BCUT2D eigenvalue weighted by molar-refractivity contribution is -0.0220. The van der Waals surface area contributed by atoms with Gasteiger partial charge in [-0.3, -0.25) is 0 Å². The van der Waals surface area contributed by atoms with Crippen LogP contribution in [0.2, 0.25) is 0 Å². The molecule has 3 aromatic rings. The molecule has 0 amide bonds. The summed E-state index contributed by atoms with van der Waals surface area (Å²) in [6, 6.07) is 11.3. The predicted molar refractivity (Wildman–Crippen MR) is 125 cm³/mol. The largest absolute Gasteiger partial charge is 0.465 e. The van der Waals surface area contributed by atoms with Gasteiger partial charge in [0, 0.05) is 67.0 Å². The van der Waals surface area contributed by atoms with Crippen molar-refractivity contribution in [3.63, 3.8) is 0 Å². The quantitative estimate of drug-likeness (QED) is 0.381. The summed E-state index contributed by atoms with van der Waals surface area (Å²) in [4.78, 5) is 10.1. The highest BCUT2D eigenvalue weighted by Crippen LogP contribution is 2.54. The van der Waals surface area contributed by atoms with Gasteiger partial charge in [-0.25, -0.2) is 23.1 Å². The van der Waals surface area contributed by atoms with E-state index < -0.39 is 23.2 Å². The van der Waals surface area contributed by atoms with Gasteiger partial charge in [-0.05, 0) is 35.9 Å². The normalized spacial score (nSPS) is 22.2. The molecular formula is C26H22F4N4O2. The Hall–Kier alpha value is -3.82. The highest BCUT2D eigenvalue weighted by molar-refractivity contribution is 5.77. The first-order chi connectivity index (χ1) is 17.3. The second kappa shape index (κ2) is 8.11. The summed E-state index contributed by atoms with van der Waals surface area (Å²) in [5.41, 5.74) is 7.12. The van der Waals surface area contributed by atoms with Gasteiger partial charge in [0.05, 0.1) is 6.61 Å². The fourth-order valence-corrected chi connectivity index (χ4v) is 5.20. The number of hydrogen-bond donors (Lipinski definition) is 1. The van der Waals surface area contributed by atoms with Gasteiger partial charge in [0.25, 0.3) is 11.9 Å². The molecule has 4 heterocycles. The second-order valence-electron chi connectivity index (χ2n) is 9.21. The fourth-order valence-electron chi connectivity index (χ4n) is 5.20. The van der Waals surface area contributed by atoms with E-state index in [1.165, 1.54) is 12.3 Å². The van der Waals surface area contributed by atoms with Crippen molar-refractivity contribution >= 4 is 11.7 Å². The number of aliphatic imine (C=N–C) groups is 1. The zero-order chi connectivity index (χ0) is 25.1. The summed E-state index contributed by atoms with van der Waals surface area (Å²) >= 11 is 0. The molecule has 3 aliphatic heterocycles. The maximum absolute atomic E-state index is 15.5. The summed E-state index contributed by atoms with van der Waals surface area (Å²) in [5, 5.41) is 0. The number of nitrogens with zero attached hydrogens (tertiary/aromatic N) is 3. The Morgan fingerprint density at radius 2 is 1.78 bits per heavy atom. The number of pyridine rings is 1. The third-order valence-electron chi connectivity index (χ3n) is 7.06. The smallest absolute Gasteiger partial charge is 0.283 e. The van der Waals surface area contributed by atoms with Crippen molar-refractivity contribution in [3.05, 3.63) is 71.6 Å². The number of benzene rings is 2. The minimum Gasteiger partial charge on any atom is -0.465 e. The first kappa shape index (κ1) is 22.6. The van der Waals surface area contributed by atoms with Crippen molar-refractivity contribution in [2.45, 2.75) is 30.7 Å². The van der Waals surface area contributed by atoms with Crippen LogP contribution >= 0.6 is 0 Å². The van der Waals surface area contributed by atoms with Crippen LogP contribution in [-0.4, -0.2) is 36.6 Å². The topological polar surface area (TPSA) is 73.0 Å². The molecule has 1 aromatic heterocycles. The van der Waals surface area contributed by atoms with E-state index in [0.717, 1.165) is 0 Å². The number of nitrogens with two attached hydrogens (primary N) is 1. The van der Waals surface area contributed by atoms with Crippen molar-refractivity contribution in [1.29, 1.82) is 0 Å². The fraction of sp³-hybridized carbons (Fsp3) is 0.308. The molecular weight excluding hydrogens is 476 g/mol. The molecule has 186 valence electrons. The number of ether oxygens (including phenoxy) is 2. The van der Waals surface area contributed by atoms with Crippen molar-refractivity contribution in [3.8, 4) is 22.6 Å². The molecule has 36 heavy (non-hydrogen) atoms. The molecule has 1 fully saturated rings. The second-order valence-corrected chi connectivity index (χ2v) is 9.21. The van der Waals surface area contributed by atoms with Crippen LogP contribution < -0.4 is 15.4 Å². The SMILES string of the molecule is NC1=N[C@@]2(CCO1)c1cc(-c3cccnc3F)ccc1Oc1c(F)cc(N3CCC(F)(F)CC3)cc12. The summed E-state index contributed by atoms with van der Waals surface area (Å²) in [5.74, 6) is -3.64. The number of aromatic nitrogens is 1. The van der Waals surface area contributed by atoms with E-state index >= 15 is 4.39 Å². The molecule has 0 saturated carbocycles. The van der Waals surface area contributed by atoms with Gasteiger partial charge in [0.2, 0.25) is 5.95 Å². The van der Waals surface area contributed by atoms with Crippen LogP contribution in [0.15, 0.2) is 53.7 Å². The van der Waals surface area contributed by atoms with Gasteiger partial charge in [-0.15, -0.1) is 0 Å². The van der Waals surface area contributed by atoms with Crippen LogP contribution in [0.5, 0.6) is 11.5 Å². The molecule has 1 spiro atoms. The zero-order valence-corrected chi connectivity index (χ0v) is 19.1. The third kappa shape index (κ3) is 3.63. The van der Waals surface area contributed by atoms with E-state index in [-0.39, 0.29) is 44.3 Å². The molecule has 10 heteroatoms. The number of piperidine rings is 1. The molecule has 1 saturated heterocycles. The summed E-state index contributed by atoms with van der Waals surface area (Å²) in [6.45, 7) is 0.394. The molecule has 0 radical (unpaired) electrons. The van der Waals surface area contributed by atoms with E-state index in [4.69, 9.17) is 15.2 Å². The Balaban J connectivity index is 1.52. The van der Waals surface area contributed by atoms with Crippen molar-refractivity contribution < 1.29 is 27.0 Å². The molecule has 0 aliphatic carbocycles. The number of fused-ring (bicyclic) bond motifs is 4. The van der Waals surface area contributed by atoms with Gasteiger partial charge in [0.1, 0.15) is 11.3 Å². The van der Waals surface area contributed by atoms with Gasteiger partial charge in [0.15, 0.2) is 11.6 Å². The molecule has 1 atom stereocenters. The standard InChI is InChI=1S/C26H22F4N4O2/c27-20-14-16(34-9-5-25(29,30)6-10-34)13-19-22(20)36-21-4-3-15(17-2-1-8-32-23(17)28)12-18(21)26(19)7-11-35-24(31)33-26/h1-4,8,12-14H,5-7,9-11H2,(H2,31,33)/t26-/m0/s1. The first-order valence-electron chi connectivity index (χ1n) is 11.6. The Kier molecular flexibility index (Phi) is 5.10. The van der Waals surface area contributed by atoms with E-state index in [1.54, 1.807) is 41.3 Å². The van der Waals surface area contributed by atoms with Crippen molar-refractivity contribution in [2.24, 2.45) is 10.7 Å². The number of rotatable bonds is 2. The molecule has 6 rings (SSSR count). The molecule has 0 unspecified atom stereocenters. The Morgan fingerprint density at radius 3 is 2.53 bits per heavy atom. The first-order valence-corrected chi connectivity index (χ1v) is 11.6. The molecule has 6 nitrogen and oxygen atoms in total. The van der Waals surface area contributed by atoms with Crippen LogP contribution in [0.3, 0.4) is 0 Å². The van der Waals surface area contributed by atoms with Crippen LogP contribution in [0.1, 0.15) is 30.4 Å². The summed E-state index contributed by atoms with van der Waals surface area (Å²) < 4.78 is 68.9. The number of hydrogen-bond acceptors (Lipinski definition) is 6. The number of anilines is 1. The highest BCUT2D eigenvalue weighted by Gasteiger charge is 2.46. The van der Waals surface area contributed by atoms with E-state index in [2.05, 4.69) is 9.98 Å². The van der Waals surface area contributed by atoms with E-state index in [1.807, 2.05) is 0 Å². The van der Waals surface area contributed by atoms with E-state index in [0.29, 0.717) is 40.1 Å². The molecule has 3 aliphatic rings. The zero-order valence-electron chi connectivity index (χ0n) is 19.1. The Labute approximate surface area is 204 Å². The van der Waals surface area contributed by atoms with Crippen molar-refractivity contribution in [2.75, 3.05) is 24.6 Å². The average molecular weight is 498 g/mol. The lowest BCUT2D eigenvalue weighted by Crippen LogP contribution is -2.41. The summed E-state index contributed by atoms with van der Waals surface area (Å²) in [7, 11) is 0. The maximum Gasteiger partial charge on any atom is 0.283 e. The van der Waals surface area contributed by atoms with Gasteiger partial charge < -0.3 is 20.1 Å². The maximum atomic E-state index is 15.5. The van der Waals surface area contributed by atoms with Gasteiger partial charge >= 0.3 is 0 Å². The predicted octanol–water partition coefficient (Wildman–Crippen LogP) is 5.35. The van der Waals surface area contributed by atoms with Crippen LogP contribution in [-0.2, 0) is 10.3 Å². The average Bonchev–Trinajstić information content (AvgIpc) is 2.85. The highest BCUT2D eigenvalue weighted by atomic mass is 19.3. The monoisotopic (exact) mass is 498 g/mol. The lowest BCUT2D eigenvalue weighted by atomic mass is 9.76. The van der Waals surface area contributed by atoms with Crippen LogP contribution in [0.4, 0.5) is 23.2 Å². The van der Waals surface area contributed by atoms with E-state index in [9.17, 15) is 13.2 Å². The van der Waals surface area contributed by atoms with Crippen molar-refractivity contribution in [1.82, 2.24) is 4.98 Å². The summed E-state index contributed by atoms with van der Waals surface area (Å²) in [6.07, 6.45) is 1.06. The van der Waals surface area contributed by atoms with Crippen LogP contribution in [0, 0.1) is 11.8 Å². The van der Waals surface area contributed by atoms with Crippen LogP contribution in [0.25, 0.3) is 11.1 Å². The Bertz CT molecular complexity index is 1390. The third-order valence-corrected chi connectivity index (χ3v) is 7.06. The molecule has 2 aromatic carbocycles. The molecule has 0 bridgehead atoms. The minimum absolute atomic E-state index is 0.00709. The number of halogens is 4. The van der Waals surface area contributed by atoms with Gasteiger partial charge in [-0.2, -0.15) is 4.39 Å². The van der Waals surface area contributed by atoms with Gasteiger partial charge in [-0.1, -0.05) is 6.07 Å². The minimum atomic E-state index is -2.73. The Morgan fingerprint density at radius 1 is 0.972 bits per heavy atom. The number of alkyl halides is 2. The lowest BCUT2D eigenvalue weighted by Gasteiger charge is -2.40. The molecule has 2 N–H and O–H groups in total.